The van der Waals surface area contributed by atoms with Crippen molar-refractivity contribution in [3.05, 3.63) is 113 Å². The minimum Gasteiger partial charge on any atom is -0.507 e. The van der Waals surface area contributed by atoms with Crippen LogP contribution in [0.15, 0.2) is 96.6 Å². The van der Waals surface area contributed by atoms with Gasteiger partial charge in [-0.25, -0.2) is 0 Å². The Morgan fingerprint density at radius 2 is 1.49 bits per heavy atom. The first-order valence-electron chi connectivity index (χ1n) is 12.2. The molecule has 0 spiro atoms. The minimum atomic E-state index is -0.783. The van der Waals surface area contributed by atoms with Crippen molar-refractivity contribution in [2.75, 3.05) is 12.0 Å². The molecule has 1 N–H and O–H groups in total. The highest BCUT2D eigenvalue weighted by Crippen LogP contribution is 2.43. The Kier molecular flexibility index (Phi) is 6.08. The molecule has 1 atom stereocenters. The number of amides is 1. The molecule has 5 nitrogen and oxygen atoms in total. The average molecular weight is 492 g/mol. The summed E-state index contributed by atoms with van der Waals surface area (Å²) < 4.78 is 5.27. The van der Waals surface area contributed by atoms with Crippen LogP contribution in [-0.4, -0.2) is 23.9 Å². The van der Waals surface area contributed by atoms with E-state index < -0.39 is 17.7 Å². The number of rotatable bonds is 4. The van der Waals surface area contributed by atoms with E-state index >= 15 is 0 Å². The molecule has 1 aliphatic heterocycles. The summed E-state index contributed by atoms with van der Waals surface area (Å²) in [5, 5.41) is 13.4. The SMILES string of the molecule is COc1ccc(N2C(=O)C(=O)/C(=C(\O)c3ccc4ccccc4c3)C2c2ccc(C(C)(C)C)cc2)cc1. The second-order valence-corrected chi connectivity index (χ2v) is 10.3. The Hall–Kier alpha value is -4.38. The van der Waals surface area contributed by atoms with E-state index in [4.69, 9.17) is 4.74 Å². The maximum atomic E-state index is 13.5. The third-order valence-corrected chi connectivity index (χ3v) is 6.91. The average Bonchev–Trinajstić information content (AvgIpc) is 3.17. The van der Waals surface area contributed by atoms with Gasteiger partial charge in [0, 0.05) is 11.3 Å². The highest BCUT2D eigenvalue weighted by Gasteiger charge is 2.47. The first-order chi connectivity index (χ1) is 17.7. The fourth-order valence-corrected chi connectivity index (χ4v) is 4.81. The van der Waals surface area contributed by atoms with Crippen LogP contribution in [0.3, 0.4) is 0 Å². The molecule has 1 amide bonds. The molecule has 186 valence electrons. The van der Waals surface area contributed by atoms with Gasteiger partial charge in [0.1, 0.15) is 11.5 Å². The van der Waals surface area contributed by atoms with Gasteiger partial charge in [0.05, 0.1) is 18.7 Å². The Bertz CT molecular complexity index is 1530. The largest absolute Gasteiger partial charge is 0.507 e. The van der Waals surface area contributed by atoms with E-state index in [1.807, 2.05) is 60.7 Å². The smallest absolute Gasteiger partial charge is 0.300 e. The second kappa shape index (κ2) is 9.25. The van der Waals surface area contributed by atoms with Gasteiger partial charge in [0.15, 0.2) is 0 Å². The summed E-state index contributed by atoms with van der Waals surface area (Å²) in [6.45, 7) is 6.39. The molecule has 4 aromatic carbocycles. The van der Waals surface area contributed by atoms with Gasteiger partial charge in [-0.3, -0.25) is 14.5 Å². The lowest BCUT2D eigenvalue weighted by atomic mass is 9.85. The van der Waals surface area contributed by atoms with Gasteiger partial charge in [-0.15, -0.1) is 0 Å². The van der Waals surface area contributed by atoms with Gasteiger partial charge in [0.25, 0.3) is 11.7 Å². The molecule has 5 rings (SSSR count). The minimum absolute atomic E-state index is 0.0541. The number of benzene rings is 4. The lowest BCUT2D eigenvalue weighted by Gasteiger charge is -2.26. The fourth-order valence-electron chi connectivity index (χ4n) is 4.81. The van der Waals surface area contributed by atoms with Gasteiger partial charge in [-0.2, -0.15) is 0 Å². The topological polar surface area (TPSA) is 66.8 Å². The number of nitrogens with zero attached hydrogens (tertiary/aromatic N) is 1. The first kappa shape index (κ1) is 24.3. The van der Waals surface area contributed by atoms with Crippen molar-refractivity contribution in [3.8, 4) is 5.75 Å². The quantitative estimate of drug-likeness (QED) is 0.194. The van der Waals surface area contributed by atoms with Gasteiger partial charge < -0.3 is 9.84 Å². The molecule has 4 aromatic rings. The molecule has 1 unspecified atom stereocenters. The molecule has 1 saturated heterocycles. The molecular formula is C32H29NO4. The number of methoxy groups -OCH3 is 1. The first-order valence-corrected chi connectivity index (χ1v) is 12.2. The van der Waals surface area contributed by atoms with Crippen molar-refractivity contribution in [2.24, 2.45) is 0 Å². The lowest BCUT2D eigenvalue weighted by Crippen LogP contribution is -2.29. The predicted molar refractivity (Wildman–Crippen MR) is 147 cm³/mol. The van der Waals surface area contributed by atoms with E-state index in [9.17, 15) is 14.7 Å². The monoisotopic (exact) mass is 491 g/mol. The number of hydrogen-bond donors (Lipinski definition) is 1. The number of ether oxygens (including phenoxy) is 1. The van der Waals surface area contributed by atoms with Crippen LogP contribution in [0.1, 0.15) is 43.5 Å². The zero-order valence-corrected chi connectivity index (χ0v) is 21.4. The van der Waals surface area contributed by atoms with Gasteiger partial charge in [0.2, 0.25) is 0 Å². The van der Waals surface area contributed by atoms with Crippen LogP contribution < -0.4 is 9.64 Å². The normalized spacial score (nSPS) is 17.4. The molecule has 1 heterocycles. The number of aliphatic hydroxyl groups is 1. The number of fused-ring (bicyclic) bond motifs is 1. The maximum absolute atomic E-state index is 13.5. The van der Waals surface area contributed by atoms with E-state index in [1.165, 1.54) is 4.90 Å². The van der Waals surface area contributed by atoms with E-state index in [1.54, 1.807) is 37.4 Å². The Balaban J connectivity index is 1.70. The summed E-state index contributed by atoms with van der Waals surface area (Å²) >= 11 is 0. The number of anilines is 1. The molecule has 5 heteroatoms. The van der Waals surface area contributed by atoms with Gasteiger partial charge in [-0.05, 0) is 57.6 Å². The van der Waals surface area contributed by atoms with Crippen molar-refractivity contribution in [1.82, 2.24) is 0 Å². The molecule has 0 radical (unpaired) electrons. The molecule has 0 aliphatic carbocycles. The number of carbonyl (C=O) groups excluding carboxylic acids is 2. The molecule has 1 aliphatic rings. The highest BCUT2D eigenvalue weighted by atomic mass is 16.5. The zero-order chi connectivity index (χ0) is 26.3. The Morgan fingerprint density at radius 1 is 0.838 bits per heavy atom. The summed E-state index contributed by atoms with van der Waals surface area (Å²) in [5.41, 5.74) is 2.92. The number of hydrogen-bond acceptors (Lipinski definition) is 4. The third kappa shape index (κ3) is 4.38. The number of carbonyl (C=O) groups is 2. The van der Waals surface area contributed by atoms with Crippen LogP contribution in [0.2, 0.25) is 0 Å². The maximum Gasteiger partial charge on any atom is 0.300 e. The molecule has 37 heavy (non-hydrogen) atoms. The summed E-state index contributed by atoms with van der Waals surface area (Å²) in [7, 11) is 1.57. The number of ketones is 1. The molecular weight excluding hydrogens is 462 g/mol. The van der Waals surface area contributed by atoms with Crippen molar-refractivity contribution in [2.45, 2.75) is 32.2 Å². The zero-order valence-electron chi connectivity index (χ0n) is 21.4. The van der Waals surface area contributed by atoms with Crippen molar-refractivity contribution < 1.29 is 19.4 Å². The van der Waals surface area contributed by atoms with Crippen LogP contribution in [0.25, 0.3) is 16.5 Å². The molecule has 0 saturated carbocycles. The summed E-state index contributed by atoms with van der Waals surface area (Å²) in [5.74, 6) is -0.948. The van der Waals surface area contributed by atoms with Crippen LogP contribution in [-0.2, 0) is 15.0 Å². The second-order valence-electron chi connectivity index (χ2n) is 10.3. The lowest BCUT2D eigenvalue weighted by molar-refractivity contribution is -0.132. The van der Waals surface area contributed by atoms with E-state index in [0.29, 0.717) is 17.0 Å². The van der Waals surface area contributed by atoms with E-state index in [2.05, 4.69) is 20.8 Å². The van der Waals surface area contributed by atoms with Crippen molar-refractivity contribution in [1.29, 1.82) is 0 Å². The summed E-state index contributed by atoms with van der Waals surface area (Å²) in [6, 6.07) is 27.4. The van der Waals surface area contributed by atoms with Gasteiger partial charge >= 0.3 is 0 Å². The third-order valence-electron chi connectivity index (χ3n) is 6.91. The number of aliphatic hydroxyl groups excluding tert-OH is 1. The molecule has 1 fully saturated rings. The highest BCUT2D eigenvalue weighted by molar-refractivity contribution is 6.51. The summed E-state index contributed by atoms with van der Waals surface area (Å²) in [4.78, 5) is 28.4. The summed E-state index contributed by atoms with van der Waals surface area (Å²) in [6.07, 6.45) is 0. The van der Waals surface area contributed by atoms with Crippen molar-refractivity contribution >= 4 is 33.9 Å². The van der Waals surface area contributed by atoms with Crippen LogP contribution in [0.4, 0.5) is 5.69 Å². The van der Waals surface area contributed by atoms with Crippen LogP contribution in [0.5, 0.6) is 5.75 Å². The molecule has 0 aromatic heterocycles. The van der Waals surface area contributed by atoms with E-state index in [0.717, 1.165) is 21.9 Å². The fraction of sp³-hybridized carbons (Fsp3) is 0.188. The van der Waals surface area contributed by atoms with Crippen molar-refractivity contribution in [3.63, 3.8) is 0 Å². The van der Waals surface area contributed by atoms with E-state index in [-0.39, 0.29) is 16.7 Å². The van der Waals surface area contributed by atoms with Crippen LogP contribution >= 0.6 is 0 Å². The van der Waals surface area contributed by atoms with Gasteiger partial charge in [-0.1, -0.05) is 81.4 Å². The number of Topliss-reactive ketones (excluding diaryl/α,β-unsaturated/α-hetero) is 1. The van der Waals surface area contributed by atoms with Crippen LogP contribution in [0, 0.1) is 0 Å². The molecule has 0 bridgehead atoms. The standard InChI is InChI=1S/C32H29NO4/c1-32(2,3)24-13-11-21(12-14-24)28-27(29(34)23-10-9-20-7-5-6-8-22(20)19-23)30(35)31(36)33(28)25-15-17-26(37-4)18-16-25/h5-19,28,34H,1-4H3/b29-27-. The Morgan fingerprint density at radius 3 is 2.11 bits per heavy atom. The predicted octanol–water partition coefficient (Wildman–Crippen LogP) is 6.77. The Labute approximate surface area is 216 Å².